The van der Waals surface area contributed by atoms with E-state index < -0.39 is 5.97 Å². The summed E-state index contributed by atoms with van der Waals surface area (Å²) in [7, 11) is 0. The lowest BCUT2D eigenvalue weighted by atomic mass is 10.1. The number of nitrogen functional groups attached to an aromatic ring is 1. The van der Waals surface area contributed by atoms with Crippen LogP contribution in [0.3, 0.4) is 0 Å². The number of rotatable bonds is 4. The second-order valence-electron chi connectivity index (χ2n) is 4.72. The van der Waals surface area contributed by atoms with Crippen LogP contribution in [0.15, 0.2) is 36.4 Å². The van der Waals surface area contributed by atoms with Gasteiger partial charge in [0.15, 0.2) is 0 Å². The quantitative estimate of drug-likeness (QED) is 0.844. The summed E-state index contributed by atoms with van der Waals surface area (Å²) in [5.74, 6) is -1.45. The summed E-state index contributed by atoms with van der Waals surface area (Å²) in [6.07, 6.45) is 0. The number of aryl methyl sites for hydroxylation is 1. The number of benzene rings is 2. The number of halogens is 1. The van der Waals surface area contributed by atoms with Crippen LogP contribution in [0, 0.1) is 12.7 Å². The fourth-order valence-corrected chi connectivity index (χ4v) is 2.27. The van der Waals surface area contributed by atoms with E-state index in [2.05, 4.69) is 0 Å². The molecule has 0 fully saturated rings. The molecule has 0 spiro atoms. The summed E-state index contributed by atoms with van der Waals surface area (Å²) in [6.45, 7) is 4.11. The predicted octanol–water partition coefficient (Wildman–Crippen LogP) is 3.57. The van der Waals surface area contributed by atoms with Gasteiger partial charge in [-0.05, 0) is 43.7 Å². The van der Waals surface area contributed by atoms with Gasteiger partial charge in [-0.25, -0.2) is 9.18 Å². The van der Waals surface area contributed by atoms with Crippen LogP contribution in [0.2, 0.25) is 0 Å². The molecule has 0 aliphatic rings. The zero-order valence-electron chi connectivity index (χ0n) is 11.9. The molecule has 110 valence electrons. The Balaban J connectivity index is 2.58. The van der Waals surface area contributed by atoms with Gasteiger partial charge in [0.1, 0.15) is 5.82 Å². The van der Waals surface area contributed by atoms with Gasteiger partial charge in [-0.3, -0.25) is 0 Å². The lowest BCUT2D eigenvalue weighted by Gasteiger charge is -2.25. The van der Waals surface area contributed by atoms with E-state index in [1.807, 2.05) is 6.92 Å². The second-order valence-corrected chi connectivity index (χ2v) is 4.72. The van der Waals surface area contributed by atoms with Gasteiger partial charge >= 0.3 is 5.97 Å². The van der Waals surface area contributed by atoms with Crippen LogP contribution in [0.1, 0.15) is 22.8 Å². The summed E-state index contributed by atoms with van der Waals surface area (Å²) >= 11 is 0. The third-order valence-electron chi connectivity index (χ3n) is 3.37. The maximum atomic E-state index is 14.0. The Morgan fingerprint density at radius 1 is 1.33 bits per heavy atom. The Morgan fingerprint density at radius 3 is 2.57 bits per heavy atom. The van der Waals surface area contributed by atoms with E-state index in [1.165, 1.54) is 12.1 Å². The van der Waals surface area contributed by atoms with Gasteiger partial charge in [0.25, 0.3) is 0 Å². The molecule has 0 saturated heterocycles. The maximum Gasteiger partial charge on any atom is 0.337 e. The number of carboxylic acid groups (broad SMARTS) is 1. The van der Waals surface area contributed by atoms with Crippen LogP contribution >= 0.6 is 0 Å². The third-order valence-corrected chi connectivity index (χ3v) is 3.37. The number of anilines is 3. The Labute approximate surface area is 122 Å². The summed E-state index contributed by atoms with van der Waals surface area (Å²) in [5, 5.41) is 9.22. The van der Waals surface area contributed by atoms with Crippen molar-refractivity contribution < 1.29 is 14.3 Å². The van der Waals surface area contributed by atoms with E-state index in [-0.39, 0.29) is 17.1 Å². The molecule has 21 heavy (non-hydrogen) atoms. The smallest absolute Gasteiger partial charge is 0.337 e. The molecular weight excluding hydrogens is 271 g/mol. The number of nitrogens with zero attached hydrogens (tertiary/aromatic N) is 1. The lowest BCUT2D eigenvalue weighted by Crippen LogP contribution is -2.18. The average Bonchev–Trinajstić information content (AvgIpc) is 2.45. The van der Waals surface area contributed by atoms with E-state index in [0.29, 0.717) is 23.5 Å². The minimum Gasteiger partial charge on any atom is -0.478 e. The predicted molar refractivity (Wildman–Crippen MR) is 81.6 cm³/mol. The number of para-hydroxylation sites is 1. The van der Waals surface area contributed by atoms with Crippen molar-refractivity contribution in [3.05, 3.63) is 53.3 Å². The van der Waals surface area contributed by atoms with Crippen molar-refractivity contribution in [3.8, 4) is 0 Å². The van der Waals surface area contributed by atoms with Gasteiger partial charge < -0.3 is 15.7 Å². The second kappa shape index (κ2) is 5.83. The number of aromatic carboxylic acids is 1. The molecule has 4 nitrogen and oxygen atoms in total. The van der Waals surface area contributed by atoms with Gasteiger partial charge in [-0.1, -0.05) is 12.1 Å². The highest BCUT2D eigenvalue weighted by Gasteiger charge is 2.17. The normalized spacial score (nSPS) is 10.4. The first-order valence-corrected chi connectivity index (χ1v) is 6.61. The number of nitrogens with two attached hydrogens (primary N) is 1. The topological polar surface area (TPSA) is 66.6 Å². The largest absolute Gasteiger partial charge is 0.478 e. The van der Waals surface area contributed by atoms with Crippen molar-refractivity contribution in [1.29, 1.82) is 0 Å². The van der Waals surface area contributed by atoms with E-state index in [4.69, 9.17) is 5.73 Å². The molecule has 2 aromatic carbocycles. The molecule has 0 aliphatic heterocycles. The first-order chi connectivity index (χ1) is 9.95. The first-order valence-electron chi connectivity index (χ1n) is 6.61. The molecule has 0 unspecified atom stereocenters. The van der Waals surface area contributed by atoms with Crippen LogP contribution in [0.5, 0.6) is 0 Å². The van der Waals surface area contributed by atoms with Crippen LogP contribution in [0.4, 0.5) is 21.5 Å². The fourth-order valence-electron chi connectivity index (χ4n) is 2.27. The first kappa shape index (κ1) is 14.8. The van der Waals surface area contributed by atoms with Crippen molar-refractivity contribution >= 4 is 23.0 Å². The highest BCUT2D eigenvalue weighted by atomic mass is 19.1. The highest BCUT2D eigenvalue weighted by molar-refractivity contribution is 5.96. The summed E-state index contributed by atoms with van der Waals surface area (Å²) in [5.41, 5.74) is 7.71. The van der Waals surface area contributed by atoms with Crippen molar-refractivity contribution in [1.82, 2.24) is 0 Å². The molecule has 5 heteroatoms. The van der Waals surface area contributed by atoms with Gasteiger partial charge in [0, 0.05) is 17.9 Å². The van der Waals surface area contributed by atoms with Crippen molar-refractivity contribution in [2.75, 3.05) is 17.2 Å². The molecule has 2 rings (SSSR count). The number of hydrogen-bond acceptors (Lipinski definition) is 3. The van der Waals surface area contributed by atoms with E-state index in [1.54, 1.807) is 36.1 Å². The highest BCUT2D eigenvalue weighted by Crippen LogP contribution is 2.31. The van der Waals surface area contributed by atoms with Crippen molar-refractivity contribution in [2.24, 2.45) is 0 Å². The number of hydrogen-bond donors (Lipinski definition) is 2. The summed E-state index contributed by atoms with van der Waals surface area (Å²) in [6, 6.07) is 9.62. The average molecular weight is 288 g/mol. The zero-order valence-corrected chi connectivity index (χ0v) is 11.9. The summed E-state index contributed by atoms with van der Waals surface area (Å²) in [4.78, 5) is 13.0. The fraction of sp³-hybridized carbons (Fsp3) is 0.188. The Morgan fingerprint density at radius 2 is 2.00 bits per heavy atom. The van der Waals surface area contributed by atoms with E-state index in [0.717, 1.165) is 0 Å². The van der Waals surface area contributed by atoms with Gasteiger partial charge in [-0.15, -0.1) is 0 Å². The molecule has 0 aliphatic carbocycles. The maximum absolute atomic E-state index is 14.0. The standard InChI is InChI=1S/C16H17FN2O2/c1-3-19(14-7-5-4-6-13(14)17)11-8-10(2)15(18)12(9-11)16(20)21/h4-9H,3,18H2,1-2H3,(H,20,21). The molecule has 2 aromatic rings. The Bertz CT molecular complexity index is 686. The van der Waals surface area contributed by atoms with Crippen molar-refractivity contribution in [3.63, 3.8) is 0 Å². The Hall–Kier alpha value is -2.56. The molecule has 0 aromatic heterocycles. The van der Waals surface area contributed by atoms with Crippen molar-refractivity contribution in [2.45, 2.75) is 13.8 Å². The molecule has 0 saturated carbocycles. The molecule has 3 N–H and O–H groups in total. The molecule has 0 amide bonds. The molecule has 0 atom stereocenters. The van der Waals surface area contributed by atoms with Gasteiger partial charge in [-0.2, -0.15) is 0 Å². The SMILES string of the molecule is CCN(c1cc(C)c(N)c(C(=O)O)c1)c1ccccc1F. The van der Waals surface area contributed by atoms with Crippen LogP contribution < -0.4 is 10.6 Å². The zero-order chi connectivity index (χ0) is 15.6. The third kappa shape index (κ3) is 2.81. The molecule has 0 heterocycles. The summed E-state index contributed by atoms with van der Waals surface area (Å²) < 4.78 is 14.0. The lowest BCUT2D eigenvalue weighted by molar-refractivity contribution is 0.0698. The molecule has 0 radical (unpaired) electrons. The van der Waals surface area contributed by atoms with Crippen LogP contribution in [-0.4, -0.2) is 17.6 Å². The van der Waals surface area contributed by atoms with E-state index in [9.17, 15) is 14.3 Å². The molecular formula is C16H17FN2O2. The van der Waals surface area contributed by atoms with Gasteiger partial charge in [0.05, 0.1) is 11.3 Å². The minimum atomic E-state index is -1.10. The van der Waals surface area contributed by atoms with Crippen LogP contribution in [-0.2, 0) is 0 Å². The minimum absolute atomic E-state index is 0.0276. The van der Waals surface area contributed by atoms with Gasteiger partial charge in [0.2, 0.25) is 0 Å². The Kier molecular flexibility index (Phi) is 4.12. The molecule has 0 bridgehead atoms. The number of carboxylic acids is 1. The number of carbonyl (C=O) groups is 1. The van der Waals surface area contributed by atoms with Crippen LogP contribution in [0.25, 0.3) is 0 Å². The monoisotopic (exact) mass is 288 g/mol. The van der Waals surface area contributed by atoms with E-state index >= 15 is 0 Å².